The fraction of sp³-hybridized carbons (Fsp3) is 0.333. The van der Waals surface area contributed by atoms with Crippen LogP contribution in [-0.4, -0.2) is 23.8 Å². The Kier molecular flexibility index (Phi) is 5.42. The third-order valence-electron chi connectivity index (χ3n) is 1.55. The fourth-order valence-corrected chi connectivity index (χ4v) is 2.42. The number of nitrogens with zero attached hydrogens (tertiary/aromatic N) is 1. The third kappa shape index (κ3) is 4.40. The first-order valence-corrected chi connectivity index (χ1v) is 6.30. The van der Waals surface area contributed by atoms with Crippen LogP contribution in [0.1, 0.15) is 6.42 Å². The number of hydrogen-bond donors (Lipinski definition) is 0. The summed E-state index contributed by atoms with van der Waals surface area (Å²) in [4.78, 5) is 15.0. The van der Waals surface area contributed by atoms with Crippen molar-refractivity contribution in [2.45, 2.75) is 11.4 Å². The van der Waals surface area contributed by atoms with Crippen molar-refractivity contribution in [1.29, 1.82) is 0 Å². The van der Waals surface area contributed by atoms with Crippen molar-refractivity contribution in [3.05, 3.63) is 21.8 Å². The molecule has 82 valence electrons. The molecule has 1 aromatic rings. The maximum Gasteiger partial charge on any atom is 0.306 e. The molecular formula is C9H9BrClNO2S. The second-order valence-corrected chi connectivity index (χ2v) is 5.02. The molecule has 1 rings (SSSR count). The van der Waals surface area contributed by atoms with Gasteiger partial charge in [0.1, 0.15) is 5.03 Å². The topological polar surface area (TPSA) is 39.2 Å². The van der Waals surface area contributed by atoms with Crippen LogP contribution in [0.4, 0.5) is 0 Å². The number of hydrogen-bond acceptors (Lipinski definition) is 4. The van der Waals surface area contributed by atoms with E-state index in [1.165, 1.54) is 18.9 Å². The molecule has 0 saturated heterocycles. The second kappa shape index (κ2) is 6.35. The molecule has 0 aliphatic heterocycles. The van der Waals surface area contributed by atoms with Crippen molar-refractivity contribution in [2.24, 2.45) is 0 Å². The molecule has 0 saturated carbocycles. The lowest BCUT2D eigenvalue weighted by molar-refractivity contribution is -0.140. The first kappa shape index (κ1) is 12.8. The highest BCUT2D eigenvalue weighted by Gasteiger charge is 2.05. The molecule has 0 aliphatic rings. The van der Waals surface area contributed by atoms with Gasteiger partial charge in [0.05, 0.1) is 18.6 Å². The molecule has 0 atom stereocenters. The Morgan fingerprint density at radius 2 is 2.47 bits per heavy atom. The molecule has 0 fully saturated rings. The minimum absolute atomic E-state index is 0.226. The molecule has 0 aromatic carbocycles. The number of aromatic nitrogens is 1. The summed E-state index contributed by atoms with van der Waals surface area (Å²) in [5.41, 5.74) is 0. The van der Waals surface area contributed by atoms with Gasteiger partial charge in [0.15, 0.2) is 0 Å². The number of carbonyl (C=O) groups is 1. The summed E-state index contributed by atoms with van der Waals surface area (Å²) in [5, 5.41) is 1.31. The lowest BCUT2D eigenvalue weighted by Gasteiger charge is -2.02. The van der Waals surface area contributed by atoms with Gasteiger partial charge < -0.3 is 4.74 Å². The average molecular weight is 311 g/mol. The summed E-state index contributed by atoms with van der Waals surface area (Å²) in [6, 6.07) is 1.77. The minimum atomic E-state index is -0.226. The van der Waals surface area contributed by atoms with Crippen LogP contribution < -0.4 is 0 Å². The van der Waals surface area contributed by atoms with E-state index in [1.807, 2.05) is 0 Å². The van der Waals surface area contributed by atoms with Crippen molar-refractivity contribution in [2.75, 3.05) is 12.9 Å². The largest absolute Gasteiger partial charge is 0.469 e. The van der Waals surface area contributed by atoms with E-state index in [4.69, 9.17) is 11.6 Å². The Morgan fingerprint density at radius 1 is 1.73 bits per heavy atom. The Morgan fingerprint density at radius 3 is 3.07 bits per heavy atom. The van der Waals surface area contributed by atoms with Crippen LogP contribution in [-0.2, 0) is 9.53 Å². The van der Waals surface area contributed by atoms with Crippen LogP contribution in [0.15, 0.2) is 21.8 Å². The zero-order valence-electron chi connectivity index (χ0n) is 8.00. The van der Waals surface area contributed by atoms with Gasteiger partial charge in [-0.05, 0) is 22.0 Å². The van der Waals surface area contributed by atoms with Gasteiger partial charge in [-0.2, -0.15) is 0 Å². The van der Waals surface area contributed by atoms with Gasteiger partial charge in [0, 0.05) is 16.4 Å². The SMILES string of the molecule is COC(=O)CCSc1ncc(Br)cc1Cl. The van der Waals surface area contributed by atoms with E-state index in [0.717, 1.165) is 9.50 Å². The van der Waals surface area contributed by atoms with Gasteiger partial charge in [-0.1, -0.05) is 11.6 Å². The monoisotopic (exact) mass is 309 g/mol. The molecule has 0 amide bonds. The summed E-state index contributed by atoms with van der Waals surface area (Å²) in [6.45, 7) is 0. The van der Waals surface area contributed by atoms with Crippen molar-refractivity contribution < 1.29 is 9.53 Å². The molecule has 0 unspecified atom stereocenters. The van der Waals surface area contributed by atoms with E-state index in [-0.39, 0.29) is 5.97 Å². The molecule has 1 aromatic heterocycles. The van der Waals surface area contributed by atoms with E-state index in [9.17, 15) is 4.79 Å². The van der Waals surface area contributed by atoms with Crippen LogP contribution in [0.5, 0.6) is 0 Å². The molecule has 0 radical (unpaired) electrons. The van der Waals surface area contributed by atoms with Crippen LogP contribution in [0.2, 0.25) is 5.02 Å². The third-order valence-corrected chi connectivity index (χ3v) is 3.39. The molecule has 15 heavy (non-hydrogen) atoms. The van der Waals surface area contributed by atoms with Crippen LogP contribution in [0, 0.1) is 0 Å². The number of carbonyl (C=O) groups excluding carboxylic acids is 1. The first-order valence-electron chi connectivity index (χ1n) is 4.14. The van der Waals surface area contributed by atoms with Gasteiger partial charge in [-0.3, -0.25) is 4.79 Å². The number of thioether (sulfide) groups is 1. The summed E-state index contributed by atoms with van der Waals surface area (Å²) in [7, 11) is 1.37. The quantitative estimate of drug-likeness (QED) is 0.632. The Balaban J connectivity index is 2.47. The smallest absolute Gasteiger partial charge is 0.306 e. The molecule has 0 aliphatic carbocycles. The molecule has 3 nitrogen and oxygen atoms in total. The lowest BCUT2D eigenvalue weighted by Crippen LogP contribution is -2.01. The molecule has 6 heteroatoms. The fourth-order valence-electron chi connectivity index (χ4n) is 0.841. The van der Waals surface area contributed by atoms with Gasteiger partial charge in [0.2, 0.25) is 0 Å². The molecule has 0 bridgehead atoms. The van der Waals surface area contributed by atoms with Gasteiger partial charge in [0.25, 0.3) is 0 Å². The van der Waals surface area contributed by atoms with Crippen molar-refractivity contribution >= 4 is 45.3 Å². The van der Waals surface area contributed by atoms with E-state index >= 15 is 0 Å². The first-order chi connectivity index (χ1) is 7.13. The number of rotatable bonds is 4. The Labute approximate surface area is 106 Å². The summed E-state index contributed by atoms with van der Waals surface area (Å²) in [6.07, 6.45) is 2.03. The number of methoxy groups -OCH3 is 1. The molecule has 1 heterocycles. The molecule has 0 N–H and O–H groups in total. The van der Waals surface area contributed by atoms with Crippen molar-refractivity contribution in [1.82, 2.24) is 4.98 Å². The van der Waals surface area contributed by atoms with Gasteiger partial charge >= 0.3 is 5.97 Å². The average Bonchev–Trinajstić information content (AvgIpc) is 2.21. The van der Waals surface area contributed by atoms with Crippen LogP contribution >= 0.6 is 39.3 Å². The Hall–Kier alpha value is -0.260. The predicted octanol–water partition coefficient (Wildman–Crippen LogP) is 3.15. The highest BCUT2D eigenvalue weighted by Crippen LogP contribution is 2.27. The highest BCUT2D eigenvalue weighted by molar-refractivity contribution is 9.10. The van der Waals surface area contributed by atoms with Gasteiger partial charge in [-0.15, -0.1) is 11.8 Å². The molecule has 0 spiro atoms. The minimum Gasteiger partial charge on any atom is -0.469 e. The summed E-state index contributed by atoms with van der Waals surface area (Å²) < 4.78 is 5.36. The predicted molar refractivity (Wildman–Crippen MR) is 64.3 cm³/mol. The van der Waals surface area contributed by atoms with E-state index in [2.05, 4.69) is 25.7 Å². The number of esters is 1. The standard InChI is InChI=1S/C9H9BrClNO2S/c1-14-8(13)2-3-15-9-7(11)4-6(10)5-12-9/h4-5H,2-3H2,1H3. The lowest BCUT2D eigenvalue weighted by atomic mass is 10.5. The summed E-state index contributed by atoms with van der Waals surface area (Å²) >= 11 is 10.7. The van der Waals surface area contributed by atoms with Crippen LogP contribution in [0.3, 0.4) is 0 Å². The maximum absolute atomic E-state index is 10.8. The molecular weight excluding hydrogens is 302 g/mol. The summed E-state index contributed by atoms with van der Waals surface area (Å²) in [5.74, 6) is 0.386. The normalized spacial score (nSPS) is 10.1. The van der Waals surface area contributed by atoms with Crippen LogP contribution in [0.25, 0.3) is 0 Å². The second-order valence-electron chi connectivity index (χ2n) is 2.62. The number of ether oxygens (including phenoxy) is 1. The van der Waals surface area contributed by atoms with E-state index in [0.29, 0.717) is 17.2 Å². The van der Waals surface area contributed by atoms with E-state index in [1.54, 1.807) is 12.3 Å². The number of pyridine rings is 1. The van der Waals surface area contributed by atoms with Crippen molar-refractivity contribution in [3.63, 3.8) is 0 Å². The van der Waals surface area contributed by atoms with E-state index < -0.39 is 0 Å². The highest BCUT2D eigenvalue weighted by atomic mass is 79.9. The van der Waals surface area contributed by atoms with Crippen molar-refractivity contribution in [3.8, 4) is 0 Å². The zero-order valence-corrected chi connectivity index (χ0v) is 11.2. The Bertz CT molecular complexity index is 362. The van der Waals surface area contributed by atoms with Gasteiger partial charge in [-0.25, -0.2) is 4.98 Å². The maximum atomic E-state index is 10.8. The zero-order chi connectivity index (χ0) is 11.3. The number of halogens is 2.